The van der Waals surface area contributed by atoms with Crippen molar-refractivity contribution in [3.05, 3.63) is 72.3 Å². The van der Waals surface area contributed by atoms with Crippen molar-refractivity contribution in [2.45, 2.75) is 24.2 Å². The number of methoxy groups -OCH3 is 2. The fourth-order valence-electron chi connectivity index (χ4n) is 3.90. The Kier molecular flexibility index (Phi) is 7.57. The van der Waals surface area contributed by atoms with E-state index in [0.29, 0.717) is 41.7 Å². The van der Waals surface area contributed by atoms with E-state index in [0.717, 1.165) is 19.3 Å². The van der Waals surface area contributed by atoms with Gasteiger partial charge in [0.25, 0.3) is 5.91 Å². The van der Waals surface area contributed by atoms with Crippen LogP contribution in [-0.2, 0) is 10.0 Å². The molecule has 184 valence electrons. The first-order valence-corrected chi connectivity index (χ1v) is 12.8. The van der Waals surface area contributed by atoms with Gasteiger partial charge in [0, 0.05) is 18.7 Å². The van der Waals surface area contributed by atoms with Crippen LogP contribution >= 0.6 is 0 Å². The van der Waals surface area contributed by atoms with Gasteiger partial charge < -0.3 is 19.5 Å². The van der Waals surface area contributed by atoms with Gasteiger partial charge in [0.05, 0.1) is 24.8 Å². The van der Waals surface area contributed by atoms with Gasteiger partial charge in [0.15, 0.2) is 17.2 Å². The molecule has 0 atom stereocenters. The zero-order chi connectivity index (χ0) is 24.8. The SMILES string of the molecule is COc1ccc(C(=O)Nc2cc(S(=O)(=O)N3CCCCC3)ccc2Oc2ccccc2)cc1OC. The first-order valence-electron chi connectivity index (χ1n) is 11.3. The van der Waals surface area contributed by atoms with E-state index in [2.05, 4.69) is 5.32 Å². The number of hydrogen-bond acceptors (Lipinski definition) is 6. The highest BCUT2D eigenvalue weighted by Gasteiger charge is 2.27. The zero-order valence-corrected chi connectivity index (χ0v) is 20.5. The Bertz CT molecular complexity index is 1290. The van der Waals surface area contributed by atoms with E-state index < -0.39 is 15.9 Å². The summed E-state index contributed by atoms with van der Waals surface area (Å²) in [5.41, 5.74) is 0.560. The Morgan fingerprint density at radius 3 is 2.20 bits per heavy atom. The largest absolute Gasteiger partial charge is 0.493 e. The molecule has 9 heteroatoms. The fourth-order valence-corrected chi connectivity index (χ4v) is 5.44. The van der Waals surface area contributed by atoms with Gasteiger partial charge in [-0.2, -0.15) is 4.31 Å². The van der Waals surface area contributed by atoms with Crippen molar-refractivity contribution in [1.29, 1.82) is 0 Å². The van der Waals surface area contributed by atoms with Crippen molar-refractivity contribution < 1.29 is 27.4 Å². The van der Waals surface area contributed by atoms with Crippen LogP contribution in [0.5, 0.6) is 23.0 Å². The maximum Gasteiger partial charge on any atom is 0.255 e. The molecule has 8 nitrogen and oxygen atoms in total. The second-order valence-corrected chi connectivity index (χ2v) is 10.00. The molecule has 1 amide bonds. The number of ether oxygens (including phenoxy) is 3. The van der Waals surface area contributed by atoms with Gasteiger partial charge in [-0.15, -0.1) is 0 Å². The van der Waals surface area contributed by atoms with Crippen molar-refractivity contribution in [3.8, 4) is 23.0 Å². The molecule has 1 aliphatic heterocycles. The summed E-state index contributed by atoms with van der Waals surface area (Å²) in [5, 5.41) is 2.81. The minimum atomic E-state index is -3.70. The molecule has 1 heterocycles. The maximum atomic E-state index is 13.3. The van der Waals surface area contributed by atoms with Crippen molar-refractivity contribution in [3.63, 3.8) is 0 Å². The van der Waals surface area contributed by atoms with E-state index in [9.17, 15) is 13.2 Å². The van der Waals surface area contributed by atoms with Gasteiger partial charge in [-0.25, -0.2) is 8.42 Å². The highest BCUT2D eigenvalue weighted by atomic mass is 32.2. The van der Waals surface area contributed by atoms with Gasteiger partial charge in [0.2, 0.25) is 10.0 Å². The molecule has 1 N–H and O–H groups in total. The second-order valence-electron chi connectivity index (χ2n) is 8.06. The molecular weight excluding hydrogens is 468 g/mol. The number of amides is 1. The molecule has 1 fully saturated rings. The van der Waals surface area contributed by atoms with Gasteiger partial charge >= 0.3 is 0 Å². The first-order chi connectivity index (χ1) is 16.9. The van der Waals surface area contributed by atoms with Crippen LogP contribution in [-0.4, -0.2) is 45.9 Å². The number of carbonyl (C=O) groups is 1. The predicted octanol–water partition coefficient (Wildman–Crippen LogP) is 4.92. The zero-order valence-electron chi connectivity index (χ0n) is 19.7. The van der Waals surface area contributed by atoms with E-state index in [1.54, 1.807) is 36.4 Å². The lowest BCUT2D eigenvalue weighted by Crippen LogP contribution is -2.35. The van der Waals surface area contributed by atoms with Crippen LogP contribution in [0, 0.1) is 0 Å². The second kappa shape index (κ2) is 10.8. The molecule has 0 saturated carbocycles. The van der Waals surface area contributed by atoms with E-state index >= 15 is 0 Å². The summed E-state index contributed by atoms with van der Waals surface area (Å²) in [4.78, 5) is 13.2. The van der Waals surface area contributed by atoms with Crippen molar-refractivity contribution in [2.75, 3.05) is 32.6 Å². The van der Waals surface area contributed by atoms with Crippen LogP contribution in [0.2, 0.25) is 0 Å². The molecule has 0 bridgehead atoms. The third-order valence-electron chi connectivity index (χ3n) is 5.77. The van der Waals surface area contributed by atoms with Gasteiger partial charge in [0.1, 0.15) is 5.75 Å². The first kappa shape index (κ1) is 24.6. The third-order valence-corrected chi connectivity index (χ3v) is 7.66. The summed E-state index contributed by atoms with van der Waals surface area (Å²) in [7, 11) is -0.705. The van der Waals surface area contributed by atoms with Gasteiger partial charge in [-0.1, -0.05) is 24.6 Å². The summed E-state index contributed by atoms with van der Waals surface area (Å²) in [6.45, 7) is 0.968. The molecule has 0 spiro atoms. The lowest BCUT2D eigenvalue weighted by atomic mass is 10.1. The number of sulfonamides is 1. The number of benzene rings is 3. The van der Waals surface area contributed by atoms with E-state index in [-0.39, 0.29) is 10.6 Å². The number of piperidine rings is 1. The van der Waals surface area contributed by atoms with Crippen molar-refractivity contribution >= 4 is 21.6 Å². The normalized spacial score (nSPS) is 14.2. The molecule has 35 heavy (non-hydrogen) atoms. The van der Waals surface area contributed by atoms with Crippen LogP contribution in [0.4, 0.5) is 5.69 Å². The highest BCUT2D eigenvalue weighted by Crippen LogP contribution is 2.34. The molecular formula is C26H28N2O6S. The van der Waals surface area contributed by atoms with Gasteiger partial charge in [-0.05, 0) is 61.4 Å². The summed E-state index contributed by atoms with van der Waals surface area (Å²) in [5.74, 6) is 1.33. The molecule has 0 aliphatic carbocycles. The predicted molar refractivity (Wildman–Crippen MR) is 133 cm³/mol. The minimum absolute atomic E-state index is 0.0995. The Labute approximate surface area is 205 Å². The summed E-state index contributed by atoms with van der Waals surface area (Å²) < 4.78 is 44.5. The molecule has 0 aromatic heterocycles. The average Bonchev–Trinajstić information content (AvgIpc) is 2.90. The number of nitrogens with zero attached hydrogens (tertiary/aromatic N) is 1. The molecule has 1 aliphatic rings. The molecule has 1 saturated heterocycles. The smallest absolute Gasteiger partial charge is 0.255 e. The number of hydrogen-bond donors (Lipinski definition) is 1. The standard InChI is InChI=1S/C26H28N2O6S/c1-32-24-13-11-19(17-25(24)33-2)26(29)27-22-18-21(35(30,31)28-15-7-4-8-16-28)12-14-23(22)34-20-9-5-3-6-10-20/h3,5-6,9-14,17-18H,4,7-8,15-16H2,1-2H3,(H,27,29). The monoisotopic (exact) mass is 496 g/mol. The maximum absolute atomic E-state index is 13.3. The summed E-state index contributed by atoms with van der Waals surface area (Å²) in [6.07, 6.45) is 2.68. The molecule has 4 rings (SSSR count). The number of para-hydroxylation sites is 1. The summed E-state index contributed by atoms with van der Waals surface area (Å²) in [6, 6.07) is 18.4. The topological polar surface area (TPSA) is 94.2 Å². The van der Waals surface area contributed by atoms with Crippen molar-refractivity contribution in [2.24, 2.45) is 0 Å². The molecule has 0 unspecified atom stereocenters. The Hall–Kier alpha value is -3.56. The van der Waals surface area contributed by atoms with Crippen LogP contribution in [0.1, 0.15) is 29.6 Å². The third kappa shape index (κ3) is 5.58. The van der Waals surface area contributed by atoms with Crippen LogP contribution < -0.4 is 19.5 Å². The molecule has 3 aromatic rings. The number of carbonyl (C=O) groups excluding carboxylic acids is 1. The summed E-state index contributed by atoms with van der Waals surface area (Å²) >= 11 is 0. The Morgan fingerprint density at radius 2 is 1.51 bits per heavy atom. The Morgan fingerprint density at radius 1 is 0.829 bits per heavy atom. The molecule has 0 radical (unpaired) electrons. The quantitative estimate of drug-likeness (QED) is 0.476. The van der Waals surface area contributed by atoms with Gasteiger partial charge in [-0.3, -0.25) is 4.79 Å². The van der Waals surface area contributed by atoms with Crippen molar-refractivity contribution in [1.82, 2.24) is 4.31 Å². The number of nitrogens with one attached hydrogen (secondary N) is 1. The van der Waals surface area contributed by atoms with Crippen LogP contribution in [0.25, 0.3) is 0 Å². The Balaban J connectivity index is 1.69. The van der Waals surface area contributed by atoms with Crippen LogP contribution in [0.3, 0.4) is 0 Å². The van der Waals surface area contributed by atoms with E-state index in [1.165, 1.54) is 30.7 Å². The fraction of sp³-hybridized carbons (Fsp3) is 0.269. The van der Waals surface area contributed by atoms with E-state index in [1.807, 2.05) is 18.2 Å². The number of anilines is 1. The minimum Gasteiger partial charge on any atom is -0.493 e. The van der Waals surface area contributed by atoms with E-state index in [4.69, 9.17) is 14.2 Å². The number of rotatable bonds is 8. The van der Waals surface area contributed by atoms with Crippen LogP contribution in [0.15, 0.2) is 71.6 Å². The highest BCUT2D eigenvalue weighted by molar-refractivity contribution is 7.89. The lowest BCUT2D eigenvalue weighted by molar-refractivity contribution is 0.102. The lowest BCUT2D eigenvalue weighted by Gasteiger charge is -2.26. The average molecular weight is 497 g/mol. The molecule has 3 aromatic carbocycles.